The molecule has 1 saturated heterocycles. The number of carbonyl (C=O) groups is 1. The van der Waals surface area contributed by atoms with Crippen molar-refractivity contribution < 1.29 is 19.0 Å². The largest absolute Gasteiger partial charge is 0.504 e. The van der Waals surface area contributed by atoms with Gasteiger partial charge >= 0.3 is 0 Å². The van der Waals surface area contributed by atoms with Crippen molar-refractivity contribution in [3.05, 3.63) is 54.5 Å². The maximum Gasteiger partial charge on any atom is 0.225 e. The quantitative estimate of drug-likeness (QED) is 0.648. The normalized spacial score (nSPS) is 14.8. The van der Waals surface area contributed by atoms with Gasteiger partial charge in [-0.2, -0.15) is 0 Å². The second-order valence-corrected chi connectivity index (χ2v) is 6.98. The summed E-state index contributed by atoms with van der Waals surface area (Å²) in [6.45, 7) is 3.66. The van der Waals surface area contributed by atoms with E-state index in [0.717, 1.165) is 18.7 Å². The molecule has 4 rings (SSSR count). The van der Waals surface area contributed by atoms with Crippen LogP contribution in [0.1, 0.15) is 6.42 Å². The van der Waals surface area contributed by atoms with E-state index in [1.165, 1.54) is 12.1 Å². The Morgan fingerprint density at radius 2 is 2.03 bits per heavy atom. The number of halogens is 1. The van der Waals surface area contributed by atoms with Gasteiger partial charge in [-0.25, -0.2) is 4.39 Å². The predicted octanol–water partition coefficient (Wildman–Crippen LogP) is 3.41. The first-order chi connectivity index (χ1) is 14.1. The lowest BCUT2D eigenvalue weighted by atomic mass is 10.0. The summed E-state index contributed by atoms with van der Waals surface area (Å²) in [6.07, 6.45) is 1.89. The minimum Gasteiger partial charge on any atom is -0.504 e. The second-order valence-electron chi connectivity index (χ2n) is 6.98. The SMILES string of the molecule is O=C(CCN1CCOCC1)Nc1ccc2c(-c3cccc(F)c3)ccnc2c1O. The van der Waals surface area contributed by atoms with E-state index in [-0.39, 0.29) is 17.5 Å². The van der Waals surface area contributed by atoms with Crippen molar-refractivity contribution in [1.82, 2.24) is 9.88 Å². The molecule has 0 aliphatic carbocycles. The molecule has 1 amide bonds. The fraction of sp³-hybridized carbons (Fsp3) is 0.273. The predicted molar refractivity (Wildman–Crippen MR) is 109 cm³/mol. The number of aromatic hydroxyl groups is 1. The van der Waals surface area contributed by atoms with Crippen LogP contribution < -0.4 is 5.32 Å². The zero-order chi connectivity index (χ0) is 20.2. The van der Waals surface area contributed by atoms with Gasteiger partial charge in [-0.1, -0.05) is 12.1 Å². The van der Waals surface area contributed by atoms with Crippen LogP contribution in [0.15, 0.2) is 48.7 Å². The van der Waals surface area contributed by atoms with Crippen LogP contribution in [0.4, 0.5) is 10.1 Å². The highest BCUT2D eigenvalue weighted by Crippen LogP contribution is 2.36. The van der Waals surface area contributed by atoms with Crippen molar-refractivity contribution in [3.8, 4) is 16.9 Å². The zero-order valence-corrected chi connectivity index (χ0v) is 15.9. The van der Waals surface area contributed by atoms with Crippen LogP contribution in [0.2, 0.25) is 0 Å². The summed E-state index contributed by atoms with van der Waals surface area (Å²) in [6, 6.07) is 11.5. The molecule has 29 heavy (non-hydrogen) atoms. The number of aromatic nitrogens is 1. The van der Waals surface area contributed by atoms with E-state index < -0.39 is 0 Å². The number of rotatable bonds is 5. The minimum absolute atomic E-state index is 0.0968. The van der Waals surface area contributed by atoms with Gasteiger partial charge in [-0.05, 0) is 41.5 Å². The third-order valence-electron chi connectivity index (χ3n) is 5.05. The van der Waals surface area contributed by atoms with Crippen molar-refractivity contribution in [2.45, 2.75) is 6.42 Å². The number of phenolic OH excluding ortho intramolecular Hbond substituents is 1. The first-order valence-corrected chi connectivity index (χ1v) is 9.58. The smallest absolute Gasteiger partial charge is 0.225 e. The van der Waals surface area contributed by atoms with Gasteiger partial charge in [-0.15, -0.1) is 0 Å². The lowest BCUT2D eigenvalue weighted by Gasteiger charge is -2.26. The van der Waals surface area contributed by atoms with E-state index in [1.807, 2.05) is 0 Å². The highest BCUT2D eigenvalue weighted by molar-refractivity contribution is 6.02. The summed E-state index contributed by atoms with van der Waals surface area (Å²) in [4.78, 5) is 18.8. The summed E-state index contributed by atoms with van der Waals surface area (Å²) < 4.78 is 18.9. The van der Waals surface area contributed by atoms with Crippen LogP contribution in [0.3, 0.4) is 0 Å². The number of pyridine rings is 1. The maximum atomic E-state index is 13.6. The van der Waals surface area contributed by atoms with Crippen LogP contribution in [0, 0.1) is 5.82 Å². The average molecular weight is 395 g/mol. The monoisotopic (exact) mass is 395 g/mol. The molecule has 3 aromatic rings. The van der Waals surface area contributed by atoms with Gasteiger partial charge < -0.3 is 15.2 Å². The van der Waals surface area contributed by atoms with Gasteiger partial charge in [0.05, 0.1) is 18.9 Å². The van der Waals surface area contributed by atoms with E-state index in [1.54, 1.807) is 36.5 Å². The second kappa shape index (κ2) is 8.55. The summed E-state index contributed by atoms with van der Waals surface area (Å²) in [5, 5.41) is 14.1. The summed E-state index contributed by atoms with van der Waals surface area (Å²) in [7, 11) is 0. The number of fused-ring (bicyclic) bond motifs is 1. The number of hydrogen-bond donors (Lipinski definition) is 2. The van der Waals surface area contributed by atoms with Crippen LogP contribution in [0.5, 0.6) is 5.75 Å². The molecule has 0 unspecified atom stereocenters. The van der Waals surface area contributed by atoms with Crippen molar-refractivity contribution >= 4 is 22.5 Å². The topological polar surface area (TPSA) is 74.7 Å². The molecule has 2 heterocycles. The Morgan fingerprint density at radius 1 is 1.21 bits per heavy atom. The van der Waals surface area contributed by atoms with Crippen LogP contribution in [-0.4, -0.2) is 53.7 Å². The zero-order valence-electron chi connectivity index (χ0n) is 15.9. The first kappa shape index (κ1) is 19.3. The third-order valence-corrected chi connectivity index (χ3v) is 5.05. The summed E-state index contributed by atoms with van der Waals surface area (Å²) in [5.74, 6) is -0.603. The number of morpholine rings is 1. The minimum atomic E-state index is -0.333. The van der Waals surface area contributed by atoms with Crippen LogP contribution in [-0.2, 0) is 9.53 Å². The number of nitrogens with zero attached hydrogens (tertiary/aromatic N) is 2. The van der Waals surface area contributed by atoms with E-state index >= 15 is 0 Å². The Morgan fingerprint density at radius 3 is 2.83 bits per heavy atom. The maximum absolute atomic E-state index is 13.6. The number of anilines is 1. The Kier molecular flexibility index (Phi) is 5.69. The molecule has 7 heteroatoms. The Bertz CT molecular complexity index is 1030. The Hall–Kier alpha value is -3.03. The van der Waals surface area contributed by atoms with Crippen molar-refractivity contribution in [2.24, 2.45) is 0 Å². The number of benzene rings is 2. The molecule has 0 radical (unpaired) electrons. The van der Waals surface area contributed by atoms with Crippen molar-refractivity contribution in [3.63, 3.8) is 0 Å². The van der Waals surface area contributed by atoms with Gasteiger partial charge in [0.25, 0.3) is 0 Å². The molecule has 1 aromatic heterocycles. The molecule has 0 saturated carbocycles. The fourth-order valence-corrected chi connectivity index (χ4v) is 3.51. The van der Waals surface area contributed by atoms with E-state index in [4.69, 9.17) is 4.74 Å². The molecular formula is C22H22FN3O3. The molecule has 150 valence electrons. The molecule has 1 aliphatic rings. The van der Waals surface area contributed by atoms with Gasteiger partial charge in [0.1, 0.15) is 11.3 Å². The van der Waals surface area contributed by atoms with Gasteiger partial charge in [0.15, 0.2) is 5.75 Å². The lowest BCUT2D eigenvalue weighted by molar-refractivity contribution is -0.116. The number of hydrogen-bond acceptors (Lipinski definition) is 5. The molecule has 2 aromatic carbocycles. The number of phenols is 1. The molecular weight excluding hydrogens is 373 g/mol. The highest BCUT2D eigenvalue weighted by atomic mass is 19.1. The Labute approximate surface area is 167 Å². The number of carbonyl (C=O) groups excluding carboxylic acids is 1. The highest BCUT2D eigenvalue weighted by Gasteiger charge is 2.15. The molecule has 0 atom stereocenters. The van der Waals surface area contributed by atoms with Crippen molar-refractivity contribution in [2.75, 3.05) is 38.2 Å². The summed E-state index contributed by atoms with van der Waals surface area (Å²) in [5.41, 5.74) is 2.13. The number of nitrogens with one attached hydrogen (secondary N) is 1. The first-order valence-electron chi connectivity index (χ1n) is 9.58. The lowest BCUT2D eigenvalue weighted by Crippen LogP contribution is -2.38. The number of ether oxygens (including phenoxy) is 1. The number of amides is 1. The average Bonchev–Trinajstić information content (AvgIpc) is 2.75. The van der Waals surface area contributed by atoms with E-state index in [2.05, 4.69) is 15.2 Å². The van der Waals surface area contributed by atoms with E-state index in [9.17, 15) is 14.3 Å². The molecule has 0 spiro atoms. The van der Waals surface area contributed by atoms with E-state index in [0.29, 0.717) is 48.3 Å². The molecule has 6 nitrogen and oxygen atoms in total. The van der Waals surface area contributed by atoms with Crippen LogP contribution in [0.25, 0.3) is 22.0 Å². The standard InChI is InChI=1S/C22H22FN3O3/c23-16-3-1-2-15(14-16)17-6-8-24-21-18(17)4-5-19(22(21)28)25-20(27)7-9-26-10-12-29-13-11-26/h1-6,8,14,28H,7,9-13H2,(H,25,27). The molecule has 2 N–H and O–H groups in total. The molecule has 0 bridgehead atoms. The molecule has 1 fully saturated rings. The van der Waals surface area contributed by atoms with Crippen LogP contribution >= 0.6 is 0 Å². The van der Waals surface area contributed by atoms with Gasteiger partial charge in [0, 0.05) is 37.6 Å². The molecule has 1 aliphatic heterocycles. The van der Waals surface area contributed by atoms with Gasteiger partial charge in [0.2, 0.25) is 5.91 Å². The van der Waals surface area contributed by atoms with Gasteiger partial charge in [-0.3, -0.25) is 14.7 Å². The Balaban J connectivity index is 1.54. The summed E-state index contributed by atoms with van der Waals surface area (Å²) >= 11 is 0. The fourth-order valence-electron chi connectivity index (χ4n) is 3.51. The van der Waals surface area contributed by atoms with Crippen molar-refractivity contribution in [1.29, 1.82) is 0 Å². The third kappa shape index (κ3) is 4.36.